The molecular weight excluding hydrogens is 372 g/mol. The number of carbonyl (C=O) groups is 3. The molecular formula is C22H18N2O5. The molecule has 29 heavy (non-hydrogen) atoms. The molecule has 2 heterocycles. The molecule has 2 aliphatic rings. The summed E-state index contributed by atoms with van der Waals surface area (Å²) in [5.74, 6) is -0.631. The quantitative estimate of drug-likeness (QED) is 0.642. The van der Waals surface area contributed by atoms with Gasteiger partial charge in [0.1, 0.15) is 12.3 Å². The van der Waals surface area contributed by atoms with E-state index in [2.05, 4.69) is 0 Å². The zero-order valence-electron chi connectivity index (χ0n) is 15.8. The first kappa shape index (κ1) is 17.5. The second-order valence-corrected chi connectivity index (χ2v) is 7.15. The van der Waals surface area contributed by atoms with Gasteiger partial charge in [0.05, 0.1) is 24.6 Å². The van der Waals surface area contributed by atoms with E-state index in [0.717, 1.165) is 16.6 Å². The number of nitrogens with zero attached hydrogens (tertiary/aromatic N) is 2. The minimum absolute atomic E-state index is 0.197. The lowest BCUT2D eigenvalue weighted by Crippen LogP contribution is -2.33. The minimum atomic E-state index is -0.568. The van der Waals surface area contributed by atoms with Gasteiger partial charge in [-0.1, -0.05) is 36.4 Å². The number of ketones is 2. The predicted molar refractivity (Wildman–Crippen MR) is 104 cm³/mol. The van der Waals surface area contributed by atoms with Gasteiger partial charge in [-0.15, -0.1) is 0 Å². The van der Waals surface area contributed by atoms with Crippen LogP contribution < -0.4 is 4.74 Å². The Morgan fingerprint density at radius 3 is 2.59 bits per heavy atom. The maximum atomic E-state index is 12.7. The summed E-state index contributed by atoms with van der Waals surface area (Å²) in [4.78, 5) is 39.4. The van der Waals surface area contributed by atoms with Gasteiger partial charge >= 0.3 is 6.09 Å². The van der Waals surface area contributed by atoms with Crippen LogP contribution in [0.3, 0.4) is 0 Å². The molecule has 1 aromatic heterocycles. The molecule has 1 aliphatic carbocycles. The summed E-state index contributed by atoms with van der Waals surface area (Å²) in [6.45, 7) is 1.27. The molecule has 0 saturated carbocycles. The monoisotopic (exact) mass is 390 g/mol. The zero-order valence-corrected chi connectivity index (χ0v) is 15.8. The topological polar surface area (TPSA) is 77.8 Å². The standard InChI is InChI=1S/C22H18N2O5/c1-28-21-16-15-8-7-14-11-23(22(27)29-12-13-5-3-2-4-6-13)9-10-24(17(14)16)18(21)20(26)19(15)25/h2-8H,9-12H2,1H3. The average Bonchev–Trinajstić information content (AvgIpc) is 2.92. The zero-order chi connectivity index (χ0) is 20.1. The van der Waals surface area contributed by atoms with Crippen LogP contribution in [-0.2, 0) is 24.4 Å². The highest BCUT2D eigenvalue weighted by Crippen LogP contribution is 2.43. The highest BCUT2D eigenvalue weighted by atomic mass is 16.6. The van der Waals surface area contributed by atoms with Gasteiger partial charge in [0.15, 0.2) is 5.75 Å². The van der Waals surface area contributed by atoms with Gasteiger partial charge in [0.25, 0.3) is 5.78 Å². The molecule has 2 bridgehead atoms. The summed E-state index contributed by atoms with van der Waals surface area (Å²) in [7, 11) is 1.50. The summed E-state index contributed by atoms with van der Waals surface area (Å²) in [5.41, 5.74) is 3.18. The Kier molecular flexibility index (Phi) is 3.91. The Morgan fingerprint density at radius 2 is 1.83 bits per heavy atom. The van der Waals surface area contributed by atoms with E-state index >= 15 is 0 Å². The largest absolute Gasteiger partial charge is 0.494 e. The van der Waals surface area contributed by atoms with Crippen molar-refractivity contribution in [3.05, 3.63) is 64.8 Å². The number of rotatable bonds is 3. The number of hydrogen-bond acceptors (Lipinski definition) is 5. The van der Waals surface area contributed by atoms with Crippen LogP contribution >= 0.6 is 0 Å². The van der Waals surface area contributed by atoms with Crippen molar-refractivity contribution in [2.75, 3.05) is 13.7 Å². The fourth-order valence-corrected chi connectivity index (χ4v) is 4.19. The van der Waals surface area contributed by atoms with Crippen molar-refractivity contribution >= 4 is 28.6 Å². The van der Waals surface area contributed by atoms with Crippen LogP contribution in [0.1, 0.15) is 32.0 Å². The van der Waals surface area contributed by atoms with Crippen molar-refractivity contribution in [3.63, 3.8) is 0 Å². The third kappa shape index (κ3) is 2.54. The SMILES string of the molecule is COc1c2n3c4c(ccc(c14)C(=O)C2=O)CN(C(=O)OCc1ccccc1)CC3. The van der Waals surface area contributed by atoms with Crippen molar-refractivity contribution in [2.24, 2.45) is 0 Å². The Balaban J connectivity index is 1.49. The van der Waals surface area contributed by atoms with Crippen molar-refractivity contribution < 1.29 is 23.9 Å². The molecule has 0 spiro atoms. The second kappa shape index (κ2) is 6.48. The molecule has 0 atom stereocenters. The maximum absolute atomic E-state index is 12.7. The van der Waals surface area contributed by atoms with Gasteiger partial charge < -0.3 is 18.9 Å². The van der Waals surface area contributed by atoms with Gasteiger partial charge in [-0.05, 0) is 17.2 Å². The summed E-state index contributed by atoms with van der Waals surface area (Å²) < 4.78 is 12.8. The number of Topliss-reactive ketones (excluding diaryl/α,β-unsaturated/α-hetero) is 2. The highest BCUT2D eigenvalue weighted by Gasteiger charge is 2.39. The van der Waals surface area contributed by atoms with Crippen LogP contribution in [0.5, 0.6) is 5.75 Å². The van der Waals surface area contributed by atoms with Crippen molar-refractivity contribution in [1.29, 1.82) is 0 Å². The lowest BCUT2D eigenvalue weighted by molar-refractivity contribution is 0.0806. The van der Waals surface area contributed by atoms with Gasteiger partial charge in [0.2, 0.25) is 5.78 Å². The molecule has 0 unspecified atom stereocenters. The Hall–Kier alpha value is -3.61. The van der Waals surface area contributed by atoms with Crippen molar-refractivity contribution in [1.82, 2.24) is 9.47 Å². The normalized spacial score (nSPS) is 15.0. The number of carbonyl (C=O) groups excluding carboxylic acids is 3. The fourth-order valence-electron chi connectivity index (χ4n) is 4.19. The van der Waals surface area contributed by atoms with Crippen LogP contribution in [0, 0.1) is 0 Å². The molecule has 0 fully saturated rings. The summed E-state index contributed by atoms with van der Waals surface area (Å²) >= 11 is 0. The van der Waals surface area contributed by atoms with Crippen molar-refractivity contribution in [2.45, 2.75) is 19.7 Å². The van der Waals surface area contributed by atoms with Crippen LogP contribution in [0.2, 0.25) is 0 Å². The molecule has 2 aromatic carbocycles. The fraction of sp³-hybridized carbons (Fsp3) is 0.227. The van der Waals surface area contributed by atoms with E-state index in [1.807, 2.05) is 34.9 Å². The van der Waals surface area contributed by atoms with E-state index in [0.29, 0.717) is 36.3 Å². The van der Waals surface area contributed by atoms with Crippen LogP contribution in [0.25, 0.3) is 10.9 Å². The first-order chi connectivity index (χ1) is 14.1. The number of methoxy groups -OCH3 is 1. The Labute approximate surface area is 166 Å². The van der Waals surface area contributed by atoms with Gasteiger partial charge in [-0.25, -0.2) is 4.79 Å². The lowest BCUT2D eigenvalue weighted by atomic mass is 9.94. The van der Waals surface area contributed by atoms with Crippen LogP contribution in [-0.4, -0.2) is 40.8 Å². The molecule has 0 N–H and O–H groups in total. The van der Waals surface area contributed by atoms with E-state index in [-0.39, 0.29) is 12.3 Å². The smallest absolute Gasteiger partial charge is 0.410 e. The molecule has 7 nitrogen and oxygen atoms in total. The molecule has 3 aromatic rings. The van der Waals surface area contributed by atoms with E-state index in [1.165, 1.54) is 7.11 Å². The number of benzene rings is 2. The molecule has 1 aliphatic heterocycles. The number of amides is 1. The molecule has 0 radical (unpaired) electrons. The summed E-state index contributed by atoms with van der Waals surface area (Å²) in [6.07, 6.45) is -0.412. The number of aromatic nitrogens is 1. The molecule has 0 saturated heterocycles. The third-order valence-electron chi connectivity index (χ3n) is 5.53. The highest BCUT2D eigenvalue weighted by molar-refractivity contribution is 6.54. The van der Waals surface area contributed by atoms with E-state index in [9.17, 15) is 14.4 Å². The van der Waals surface area contributed by atoms with E-state index < -0.39 is 17.7 Å². The average molecular weight is 390 g/mol. The van der Waals surface area contributed by atoms with E-state index in [4.69, 9.17) is 9.47 Å². The number of ether oxygens (including phenoxy) is 2. The summed E-state index contributed by atoms with van der Waals surface area (Å²) in [6, 6.07) is 12.9. The predicted octanol–water partition coefficient (Wildman–Crippen LogP) is 3.18. The lowest BCUT2D eigenvalue weighted by Gasteiger charge is -2.21. The Morgan fingerprint density at radius 1 is 1.03 bits per heavy atom. The third-order valence-corrected chi connectivity index (χ3v) is 5.53. The molecule has 5 rings (SSSR count). The minimum Gasteiger partial charge on any atom is -0.494 e. The Bertz CT molecular complexity index is 1180. The molecule has 146 valence electrons. The van der Waals surface area contributed by atoms with Gasteiger partial charge in [0, 0.05) is 18.7 Å². The first-order valence-electron chi connectivity index (χ1n) is 9.37. The van der Waals surface area contributed by atoms with Gasteiger partial charge in [-0.2, -0.15) is 0 Å². The van der Waals surface area contributed by atoms with Crippen LogP contribution in [0.15, 0.2) is 42.5 Å². The van der Waals surface area contributed by atoms with Crippen molar-refractivity contribution in [3.8, 4) is 5.75 Å². The maximum Gasteiger partial charge on any atom is 0.410 e. The first-order valence-corrected chi connectivity index (χ1v) is 9.37. The van der Waals surface area contributed by atoms with Gasteiger partial charge in [-0.3, -0.25) is 9.59 Å². The van der Waals surface area contributed by atoms with E-state index in [1.54, 1.807) is 17.0 Å². The summed E-state index contributed by atoms with van der Waals surface area (Å²) in [5, 5.41) is 0.657. The number of fused-ring (bicyclic) bond motifs is 2. The molecule has 1 amide bonds. The second-order valence-electron chi connectivity index (χ2n) is 7.15. The molecule has 7 heteroatoms. The number of hydrogen-bond donors (Lipinski definition) is 0. The van der Waals surface area contributed by atoms with Crippen LogP contribution in [0.4, 0.5) is 4.79 Å².